The lowest BCUT2D eigenvalue weighted by molar-refractivity contribution is -0.131. The molecule has 0 radical (unpaired) electrons. The highest BCUT2D eigenvalue weighted by Gasteiger charge is 2.25. The number of carbonyl (C=O) groups excluding carboxylic acids is 2. The van der Waals surface area contributed by atoms with Gasteiger partial charge in [-0.2, -0.15) is 0 Å². The predicted molar refractivity (Wildman–Crippen MR) is 162 cm³/mol. The van der Waals surface area contributed by atoms with E-state index in [1.54, 1.807) is 17.0 Å². The third kappa shape index (κ3) is 8.90. The van der Waals surface area contributed by atoms with Gasteiger partial charge >= 0.3 is 0 Å². The molecule has 0 aromatic heterocycles. The Morgan fingerprint density at radius 2 is 1.57 bits per heavy atom. The maximum Gasteiger partial charge on any atom is 0.227 e. The topological polar surface area (TPSA) is 78.0 Å². The average Bonchev–Trinajstić information content (AvgIpc) is 2.91. The Kier molecular flexibility index (Phi) is 11.3. The quantitative estimate of drug-likeness (QED) is 0.435. The fourth-order valence-corrected chi connectivity index (χ4v) is 6.49. The van der Waals surface area contributed by atoms with Crippen molar-refractivity contribution in [3.63, 3.8) is 0 Å². The van der Waals surface area contributed by atoms with Crippen LogP contribution in [0.2, 0.25) is 0 Å². The Hall–Kier alpha value is -2.71. The Morgan fingerprint density at radius 1 is 0.850 bits per heavy atom. The number of rotatable bonds is 8. The summed E-state index contributed by atoms with van der Waals surface area (Å²) in [5.74, 6) is 0.377. The summed E-state index contributed by atoms with van der Waals surface area (Å²) in [5, 5.41) is 0. The van der Waals surface area contributed by atoms with E-state index >= 15 is 0 Å². The largest absolute Gasteiger partial charge is 0.337 e. The number of anilines is 1. The minimum absolute atomic E-state index is 0.0857. The van der Waals surface area contributed by atoms with Crippen LogP contribution in [-0.2, 0) is 26.0 Å². The first kappa shape index (κ1) is 31.8. The number of hydrogen-bond donors (Lipinski definition) is 0. The third-order valence-corrected chi connectivity index (χ3v) is 9.18. The molecule has 0 aliphatic carbocycles. The minimum Gasteiger partial charge on any atom is -0.337 e. The Morgan fingerprint density at radius 3 is 2.25 bits per heavy atom. The second-order valence-electron chi connectivity index (χ2n) is 12.0. The maximum absolute atomic E-state index is 13.6. The Bertz CT molecular complexity index is 1270. The van der Waals surface area contributed by atoms with E-state index in [0.717, 1.165) is 41.9 Å². The summed E-state index contributed by atoms with van der Waals surface area (Å²) in [4.78, 5) is 33.2. The van der Waals surface area contributed by atoms with Crippen molar-refractivity contribution in [2.45, 2.75) is 72.2 Å². The zero-order valence-electron chi connectivity index (χ0n) is 25.2. The molecule has 3 rings (SSSR count). The Labute approximate surface area is 241 Å². The van der Waals surface area contributed by atoms with Crippen LogP contribution in [0, 0.1) is 25.7 Å². The molecule has 0 N–H and O–H groups in total. The smallest absolute Gasteiger partial charge is 0.227 e. The first-order valence-corrected chi connectivity index (χ1v) is 16.2. The summed E-state index contributed by atoms with van der Waals surface area (Å²) in [6, 6.07) is 12.9. The molecule has 2 amide bonds. The van der Waals surface area contributed by atoms with Crippen LogP contribution in [0.5, 0.6) is 0 Å². The van der Waals surface area contributed by atoms with Crippen molar-refractivity contribution < 1.29 is 18.0 Å². The SMILES string of the molecule is Cc1ccc(S(=O)(=O)CCC(=O)N2CCN(CC(C)C)CCCN(C(=O)CC(C)C)c3ccccc3C2)cc1C. The van der Waals surface area contributed by atoms with Crippen LogP contribution in [-0.4, -0.2) is 68.5 Å². The molecule has 40 heavy (non-hydrogen) atoms. The molecule has 220 valence electrons. The van der Waals surface area contributed by atoms with E-state index in [1.165, 1.54) is 0 Å². The van der Waals surface area contributed by atoms with Gasteiger partial charge in [-0.3, -0.25) is 9.59 Å². The highest BCUT2D eigenvalue weighted by Crippen LogP contribution is 2.26. The van der Waals surface area contributed by atoms with Crippen LogP contribution in [0.4, 0.5) is 5.69 Å². The van der Waals surface area contributed by atoms with Crippen molar-refractivity contribution >= 4 is 27.3 Å². The number of aryl methyl sites for hydroxylation is 2. The number of nitrogens with zero attached hydrogens (tertiary/aromatic N) is 3. The molecule has 7 nitrogen and oxygen atoms in total. The van der Waals surface area contributed by atoms with E-state index in [4.69, 9.17) is 0 Å². The fourth-order valence-electron chi connectivity index (χ4n) is 5.17. The molecule has 1 heterocycles. The van der Waals surface area contributed by atoms with Gasteiger partial charge in [0, 0.05) is 51.3 Å². The van der Waals surface area contributed by atoms with E-state index in [9.17, 15) is 18.0 Å². The van der Waals surface area contributed by atoms with Crippen LogP contribution in [0.15, 0.2) is 47.4 Å². The summed E-state index contributed by atoms with van der Waals surface area (Å²) < 4.78 is 26.2. The number of benzene rings is 2. The van der Waals surface area contributed by atoms with Gasteiger partial charge in [-0.15, -0.1) is 0 Å². The van der Waals surface area contributed by atoms with E-state index in [-0.39, 0.29) is 34.8 Å². The van der Waals surface area contributed by atoms with Crippen LogP contribution < -0.4 is 4.90 Å². The van der Waals surface area contributed by atoms with E-state index in [2.05, 4.69) is 18.7 Å². The monoisotopic (exact) mass is 569 g/mol. The van der Waals surface area contributed by atoms with Crippen molar-refractivity contribution in [3.05, 3.63) is 59.2 Å². The number of hydrogen-bond acceptors (Lipinski definition) is 5. The molecular weight excluding hydrogens is 522 g/mol. The van der Waals surface area contributed by atoms with Gasteiger partial charge in [-0.25, -0.2) is 8.42 Å². The molecule has 0 fully saturated rings. The van der Waals surface area contributed by atoms with Gasteiger partial charge in [0.2, 0.25) is 11.8 Å². The van der Waals surface area contributed by atoms with Crippen LogP contribution in [0.3, 0.4) is 0 Å². The summed E-state index contributed by atoms with van der Waals surface area (Å²) in [7, 11) is -3.60. The van der Waals surface area contributed by atoms with Gasteiger partial charge in [0.25, 0.3) is 0 Å². The third-order valence-electron chi connectivity index (χ3n) is 7.47. The molecular formula is C32H47N3O4S. The van der Waals surface area contributed by atoms with Crippen molar-refractivity contribution in [1.82, 2.24) is 9.80 Å². The van der Waals surface area contributed by atoms with Crippen molar-refractivity contribution in [2.75, 3.05) is 43.4 Å². The fraction of sp³-hybridized carbons (Fsp3) is 0.562. The molecule has 0 saturated heterocycles. The molecule has 0 bridgehead atoms. The number of sulfone groups is 1. The standard InChI is InChI=1S/C32H47N3O4S/c1-24(2)20-32(37)35-16-9-15-33(22-25(3)4)17-18-34(23-28-10-7-8-11-30(28)35)31(36)14-19-40(38,39)29-13-12-26(5)27(6)21-29/h7-8,10-13,21,24-25H,9,14-20,22-23H2,1-6H3. The molecule has 1 aliphatic heterocycles. The second-order valence-corrected chi connectivity index (χ2v) is 14.1. The maximum atomic E-state index is 13.6. The number of fused-ring (bicyclic) bond motifs is 1. The zero-order chi connectivity index (χ0) is 29.4. The summed E-state index contributed by atoms with van der Waals surface area (Å²) in [6.07, 6.45) is 1.22. The highest BCUT2D eigenvalue weighted by atomic mass is 32.2. The van der Waals surface area contributed by atoms with Gasteiger partial charge in [0.1, 0.15) is 0 Å². The summed E-state index contributed by atoms with van der Waals surface area (Å²) in [6.45, 7) is 16.2. The number of para-hydroxylation sites is 1. The highest BCUT2D eigenvalue weighted by molar-refractivity contribution is 7.91. The molecule has 0 spiro atoms. The van der Waals surface area contributed by atoms with Gasteiger partial charge in [0.05, 0.1) is 10.6 Å². The number of carbonyl (C=O) groups is 2. The van der Waals surface area contributed by atoms with Crippen LogP contribution in [0.1, 0.15) is 63.6 Å². The lowest BCUT2D eigenvalue weighted by atomic mass is 10.1. The van der Waals surface area contributed by atoms with E-state index < -0.39 is 9.84 Å². The van der Waals surface area contributed by atoms with E-state index in [1.807, 2.05) is 62.9 Å². The molecule has 1 aliphatic rings. The van der Waals surface area contributed by atoms with Crippen molar-refractivity contribution in [1.29, 1.82) is 0 Å². The number of amides is 2. The molecule has 0 atom stereocenters. The van der Waals surface area contributed by atoms with Crippen molar-refractivity contribution in [2.24, 2.45) is 11.8 Å². The molecule has 0 unspecified atom stereocenters. The van der Waals surface area contributed by atoms with Crippen molar-refractivity contribution in [3.8, 4) is 0 Å². The Balaban J connectivity index is 1.88. The van der Waals surface area contributed by atoms with Gasteiger partial charge in [-0.05, 0) is 73.5 Å². The van der Waals surface area contributed by atoms with Gasteiger partial charge in [0.15, 0.2) is 9.84 Å². The summed E-state index contributed by atoms with van der Waals surface area (Å²) >= 11 is 0. The first-order chi connectivity index (χ1) is 18.9. The second kappa shape index (κ2) is 14.3. The lowest BCUT2D eigenvalue weighted by Gasteiger charge is -2.29. The lowest BCUT2D eigenvalue weighted by Crippen LogP contribution is -2.40. The average molecular weight is 570 g/mol. The van der Waals surface area contributed by atoms with Crippen LogP contribution in [0.25, 0.3) is 0 Å². The zero-order valence-corrected chi connectivity index (χ0v) is 26.0. The minimum atomic E-state index is -3.60. The van der Waals surface area contributed by atoms with Gasteiger partial charge < -0.3 is 14.7 Å². The molecule has 2 aromatic carbocycles. The normalized spacial score (nSPS) is 15.7. The van der Waals surface area contributed by atoms with Crippen LogP contribution >= 0.6 is 0 Å². The first-order valence-electron chi connectivity index (χ1n) is 14.6. The van der Waals surface area contributed by atoms with E-state index in [0.29, 0.717) is 38.5 Å². The molecule has 2 aromatic rings. The molecule has 8 heteroatoms. The van der Waals surface area contributed by atoms with Gasteiger partial charge in [-0.1, -0.05) is 52.0 Å². The predicted octanol–water partition coefficient (Wildman–Crippen LogP) is 5.24. The molecule has 0 saturated carbocycles. The summed E-state index contributed by atoms with van der Waals surface area (Å²) in [5.41, 5.74) is 3.69.